The molecular formula is C30H41N3O4S. The molecule has 8 heteroatoms. The highest BCUT2D eigenvalue weighted by Crippen LogP contribution is 2.67. The number of anilines is 1. The zero-order chi connectivity index (χ0) is 27.8. The van der Waals surface area contributed by atoms with E-state index < -0.39 is 34.2 Å². The monoisotopic (exact) mass is 539 g/mol. The molecule has 0 radical (unpaired) electrons. The van der Waals surface area contributed by atoms with E-state index in [9.17, 15) is 19.5 Å². The summed E-state index contributed by atoms with van der Waals surface area (Å²) in [6, 6.07) is 8.23. The van der Waals surface area contributed by atoms with Crippen molar-refractivity contribution < 1.29 is 19.5 Å². The maximum Gasteiger partial charge on any atom is 0.247 e. The molecule has 2 bridgehead atoms. The van der Waals surface area contributed by atoms with E-state index in [2.05, 4.69) is 13.2 Å². The van der Waals surface area contributed by atoms with E-state index in [0.717, 1.165) is 12.1 Å². The topological polar surface area (TPSA) is 81.2 Å². The van der Waals surface area contributed by atoms with Gasteiger partial charge in [-0.15, -0.1) is 24.9 Å². The lowest BCUT2D eigenvalue weighted by atomic mass is 9.70. The summed E-state index contributed by atoms with van der Waals surface area (Å²) in [5, 5.41) is 10.2. The number of likely N-dealkylation sites (tertiary alicyclic amines) is 1. The molecule has 1 spiro atoms. The number of para-hydroxylation sites is 1. The molecule has 38 heavy (non-hydrogen) atoms. The number of rotatable bonds is 10. The normalized spacial score (nSPS) is 28.7. The second-order valence-corrected chi connectivity index (χ2v) is 13.1. The predicted octanol–water partition coefficient (Wildman–Crippen LogP) is 3.88. The molecule has 1 aromatic rings. The summed E-state index contributed by atoms with van der Waals surface area (Å²) in [5.74, 6) is -1.57. The van der Waals surface area contributed by atoms with E-state index in [1.165, 1.54) is 0 Å². The lowest BCUT2D eigenvalue weighted by Crippen LogP contribution is -2.60. The Bertz CT molecular complexity index is 1080. The third kappa shape index (κ3) is 4.49. The van der Waals surface area contributed by atoms with Gasteiger partial charge in [0.05, 0.1) is 29.2 Å². The van der Waals surface area contributed by atoms with Crippen molar-refractivity contribution in [2.24, 2.45) is 11.8 Å². The lowest BCUT2D eigenvalue weighted by molar-refractivity contribution is -0.148. The second-order valence-electron chi connectivity index (χ2n) is 11.5. The highest BCUT2D eigenvalue weighted by molar-refractivity contribution is 8.02. The van der Waals surface area contributed by atoms with E-state index in [-0.39, 0.29) is 29.6 Å². The van der Waals surface area contributed by atoms with Gasteiger partial charge >= 0.3 is 0 Å². The number of aliphatic hydroxyl groups is 1. The molecule has 0 saturated carbocycles. The van der Waals surface area contributed by atoms with Crippen molar-refractivity contribution in [3.63, 3.8) is 0 Å². The Morgan fingerprint density at radius 1 is 1.18 bits per heavy atom. The summed E-state index contributed by atoms with van der Waals surface area (Å²) in [6.07, 6.45) is 5.39. The Morgan fingerprint density at radius 2 is 1.84 bits per heavy atom. The molecule has 0 aromatic heterocycles. The van der Waals surface area contributed by atoms with Crippen LogP contribution in [0.5, 0.6) is 0 Å². The zero-order valence-electron chi connectivity index (χ0n) is 23.0. The molecule has 206 valence electrons. The molecule has 6 atom stereocenters. The summed E-state index contributed by atoms with van der Waals surface area (Å²) < 4.78 is -0.705. The first-order chi connectivity index (χ1) is 18.1. The first kappa shape index (κ1) is 28.4. The van der Waals surface area contributed by atoms with Crippen LogP contribution >= 0.6 is 11.8 Å². The fourth-order valence-corrected chi connectivity index (χ4v) is 8.86. The van der Waals surface area contributed by atoms with Crippen molar-refractivity contribution in [3.8, 4) is 0 Å². The van der Waals surface area contributed by atoms with Crippen LogP contribution in [0.4, 0.5) is 5.69 Å². The van der Waals surface area contributed by atoms with Gasteiger partial charge in [-0.2, -0.15) is 0 Å². The molecule has 2 unspecified atom stereocenters. The molecular weight excluding hydrogens is 498 g/mol. The number of hydrogen-bond donors (Lipinski definition) is 1. The number of nitrogens with zero attached hydrogens (tertiary/aromatic N) is 3. The first-order valence-corrected chi connectivity index (χ1v) is 14.5. The van der Waals surface area contributed by atoms with Gasteiger partial charge in [-0.25, -0.2) is 0 Å². The van der Waals surface area contributed by atoms with Crippen LogP contribution in [0.2, 0.25) is 0 Å². The van der Waals surface area contributed by atoms with Crippen molar-refractivity contribution in [1.29, 1.82) is 0 Å². The Hall–Kier alpha value is -2.58. The number of amides is 3. The average Bonchev–Trinajstić information content (AvgIpc) is 3.53. The van der Waals surface area contributed by atoms with E-state index in [1.54, 1.807) is 38.6 Å². The van der Waals surface area contributed by atoms with Gasteiger partial charge in [-0.3, -0.25) is 14.4 Å². The van der Waals surface area contributed by atoms with E-state index in [4.69, 9.17) is 0 Å². The Balaban J connectivity index is 1.80. The molecule has 3 saturated heterocycles. The number of thioether (sulfide) groups is 1. The maximum atomic E-state index is 14.4. The minimum atomic E-state index is -0.742. The Morgan fingerprint density at radius 3 is 2.39 bits per heavy atom. The van der Waals surface area contributed by atoms with Crippen molar-refractivity contribution in [2.75, 3.05) is 24.6 Å². The van der Waals surface area contributed by atoms with Crippen LogP contribution in [0.3, 0.4) is 0 Å². The van der Waals surface area contributed by atoms with Gasteiger partial charge in [0.15, 0.2) is 0 Å². The Labute approximate surface area is 230 Å². The molecule has 4 rings (SSSR count). The Kier molecular flexibility index (Phi) is 8.15. The van der Waals surface area contributed by atoms with Crippen LogP contribution in [0.1, 0.15) is 47.0 Å². The number of aliphatic hydroxyl groups excluding tert-OH is 1. The van der Waals surface area contributed by atoms with Crippen LogP contribution in [0.15, 0.2) is 55.6 Å². The number of hydrogen-bond acceptors (Lipinski definition) is 5. The summed E-state index contributed by atoms with van der Waals surface area (Å²) in [4.78, 5) is 48.1. The molecule has 3 fully saturated rings. The third-order valence-corrected chi connectivity index (χ3v) is 10.3. The average molecular weight is 540 g/mol. The van der Waals surface area contributed by atoms with Gasteiger partial charge in [0.2, 0.25) is 17.7 Å². The number of carbonyl (C=O) groups excluding carboxylic acids is 3. The summed E-state index contributed by atoms with van der Waals surface area (Å²) in [5.41, 5.74) is 0.279. The fraction of sp³-hybridized carbons (Fsp3) is 0.567. The van der Waals surface area contributed by atoms with Crippen molar-refractivity contribution >= 4 is 35.2 Å². The summed E-state index contributed by atoms with van der Waals surface area (Å²) in [7, 11) is 0. The molecule has 1 aromatic carbocycles. The molecule has 7 nitrogen and oxygen atoms in total. The highest BCUT2D eigenvalue weighted by Gasteiger charge is 2.74. The van der Waals surface area contributed by atoms with Gasteiger partial charge in [0.25, 0.3) is 0 Å². The number of benzene rings is 1. The van der Waals surface area contributed by atoms with E-state index in [0.29, 0.717) is 25.9 Å². The van der Waals surface area contributed by atoms with Gasteiger partial charge in [-0.1, -0.05) is 37.3 Å². The van der Waals surface area contributed by atoms with Crippen LogP contribution in [0, 0.1) is 11.8 Å². The van der Waals surface area contributed by atoms with Crippen molar-refractivity contribution in [3.05, 3.63) is 55.6 Å². The van der Waals surface area contributed by atoms with Gasteiger partial charge in [0, 0.05) is 29.6 Å². The number of carbonyl (C=O) groups is 3. The molecule has 3 heterocycles. The lowest BCUT2D eigenvalue weighted by Gasteiger charge is -2.43. The quantitative estimate of drug-likeness (QED) is 0.457. The maximum absolute atomic E-state index is 14.4. The van der Waals surface area contributed by atoms with E-state index in [1.807, 2.05) is 58.0 Å². The van der Waals surface area contributed by atoms with Gasteiger partial charge in [-0.05, 0) is 52.2 Å². The molecule has 0 aliphatic carbocycles. The van der Waals surface area contributed by atoms with Gasteiger partial charge in [0.1, 0.15) is 6.04 Å². The van der Waals surface area contributed by atoms with Crippen LogP contribution < -0.4 is 4.90 Å². The van der Waals surface area contributed by atoms with Crippen LogP contribution in [0.25, 0.3) is 0 Å². The van der Waals surface area contributed by atoms with Crippen molar-refractivity contribution in [2.45, 2.75) is 74.6 Å². The fourth-order valence-electron chi connectivity index (χ4n) is 6.67. The molecule has 3 amide bonds. The van der Waals surface area contributed by atoms with Crippen molar-refractivity contribution in [1.82, 2.24) is 9.80 Å². The van der Waals surface area contributed by atoms with Gasteiger partial charge < -0.3 is 19.8 Å². The predicted molar refractivity (Wildman–Crippen MR) is 153 cm³/mol. The number of fused-ring (bicyclic) bond motifs is 1. The van der Waals surface area contributed by atoms with Crippen LogP contribution in [-0.2, 0) is 14.4 Å². The standard InChI is InChI=1S/C30H41N3O4S/c1-7-17-31(21-13-11-10-12-14-21)26(35)23-22-15-16-30(38-22)24(23)27(36)33(20(9-3)19-34)25(30)28(37)32(18-8-2)29(4,5)6/h7-8,10-14,20,22-25,34H,1-2,9,15-19H2,3-6H3/t20-,22+,23-,24-,25?,30?/m0/s1. The third-order valence-electron chi connectivity index (χ3n) is 8.37. The first-order valence-electron chi connectivity index (χ1n) is 13.6. The summed E-state index contributed by atoms with van der Waals surface area (Å²) >= 11 is 1.65. The minimum Gasteiger partial charge on any atom is -0.394 e. The molecule has 3 aliphatic rings. The second kappa shape index (κ2) is 10.9. The largest absolute Gasteiger partial charge is 0.394 e. The minimum absolute atomic E-state index is 0.0402. The molecule has 3 aliphatic heterocycles. The summed E-state index contributed by atoms with van der Waals surface area (Å²) in [6.45, 7) is 16.0. The highest BCUT2D eigenvalue weighted by atomic mass is 32.2. The smallest absolute Gasteiger partial charge is 0.247 e. The van der Waals surface area contributed by atoms with E-state index >= 15 is 0 Å². The zero-order valence-corrected chi connectivity index (χ0v) is 23.8. The molecule has 1 N–H and O–H groups in total. The van der Waals surface area contributed by atoms with Crippen LogP contribution in [-0.4, -0.2) is 79.9 Å². The SMILES string of the molecule is C=CCN(C(=O)[C@@H]1[C@H]2C(=O)N([C@@H](CC)CO)C(C(=O)N(CC=C)C(C)(C)C)C23CC[C@H]1S3)c1ccccc1.